The van der Waals surface area contributed by atoms with Gasteiger partial charge in [0.25, 0.3) is 5.91 Å². The molecular weight excluding hydrogens is 440 g/mol. The van der Waals surface area contributed by atoms with Gasteiger partial charge in [0, 0.05) is 23.8 Å². The largest absolute Gasteiger partial charge is 0.464 e. The van der Waals surface area contributed by atoms with Crippen LogP contribution in [0.15, 0.2) is 24.3 Å². The van der Waals surface area contributed by atoms with Crippen LogP contribution in [0.3, 0.4) is 0 Å². The lowest BCUT2D eigenvalue weighted by Gasteiger charge is -2.38. The Labute approximate surface area is 200 Å². The molecule has 0 N–H and O–H groups in total. The van der Waals surface area contributed by atoms with Crippen molar-refractivity contribution in [2.24, 2.45) is 0 Å². The summed E-state index contributed by atoms with van der Waals surface area (Å²) in [5.74, 6) is -0.875. The molecular formula is C26H33ClN2O4. The highest BCUT2D eigenvalue weighted by Gasteiger charge is 2.37. The summed E-state index contributed by atoms with van der Waals surface area (Å²) in [4.78, 5) is 41.8. The van der Waals surface area contributed by atoms with Gasteiger partial charge >= 0.3 is 5.97 Å². The van der Waals surface area contributed by atoms with Crippen LogP contribution in [0, 0.1) is 13.8 Å². The van der Waals surface area contributed by atoms with Crippen molar-refractivity contribution in [2.75, 3.05) is 7.11 Å². The molecule has 1 aromatic heterocycles. The average molecular weight is 473 g/mol. The second-order valence-corrected chi connectivity index (χ2v) is 9.10. The standard InChI is InChI=1S/C26H33ClN2O4/c1-6-28-17(3)22(16(2)23(28)26(32)33-5)24(30)18(4)29(19-12-8-7-9-13-19)25(31)20-14-10-11-15-21(20)27/h10-11,14-15,18-19H,6-9,12-13H2,1-5H3. The van der Waals surface area contributed by atoms with Gasteiger partial charge in [0.15, 0.2) is 5.78 Å². The number of hydrogen-bond acceptors (Lipinski definition) is 4. The van der Waals surface area contributed by atoms with Crippen molar-refractivity contribution in [3.63, 3.8) is 0 Å². The topological polar surface area (TPSA) is 68.6 Å². The van der Waals surface area contributed by atoms with Crippen molar-refractivity contribution < 1.29 is 19.1 Å². The maximum absolute atomic E-state index is 13.9. The summed E-state index contributed by atoms with van der Waals surface area (Å²) < 4.78 is 6.78. The minimum absolute atomic E-state index is 0.0320. The first-order valence-electron chi connectivity index (χ1n) is 11.6. The van der Waals surface area contributed by atoms with Crippen molar-refractivity contribution in [1.82, 2.24) is 9.47 Å². The number of carbonyl (C=O) groups excluding carboxylic acids is 3. The number of carbonyl (C=O) groups is 3. The summed E-state index contributed by atoms with van der Waals surface area (Å²) in [7, 11) is 1.33. The second-order valence-electron chi connectivity index (χ2n) is 8.69. The van der Waals surface area contributed by atoms with Crippen molar-refractivity contribution in [1.29, 1.82) is 0 Å². The number of nitrogens with zero attached hydrogens (tertiary/aromatic N) is 2. The minimum Gasteiger partial charge on any atom is -0.464 e. The van der Waals surface area contributed by atoms with Crippen LogP contribution < -0.4 is 0 Å². The molecule has 0 bridgehead atoms. The van der Waals surface area contributed by atoms with Gasteiger partial charge in [0.1, 0.15) is 5.69 Å². The predicted octanol–water partition coefficient (Wildman–Crippen LogP) is 5.61. The zero-order valence-corrected chi connectivity index (χ0v) is 20.9. The van der Waals surface area contributed by atoms with Gasteiger partial charge in [-0.05, 0) is 58.2 Å². The Morgan fingerprint density at radius 2 is 1.79 bits per heavy atom. The van der Waals surface area contributed by atoms with E-state index in [1.807, 2.05) is 18.4 Å². The lowest BCUT2D eigenvalue weighted by molar-refractivity contribution is 0.0486. The van der Waals surface area contributed by atoms with E-state index in [4.69, 9.17) is 16.3 Å². The Balaban J connectivity index is 2.07. The third-order valence-electron chi connectivity index (χ3n) is 6.81. The Bertz CT molecular complexity index is 1050. The number of aromatic nitrogens is 1. The number of benzene rings is 1. The van der Waals surface area contributed by atoms with Gasteiger partial charge in [-0.3, -0.25) is 9.59 Å². The molecule has 1 aliphatic carbocycles. The normalized spacial score (nSPS) is 15.2. The van der Waals surface area contributed by atoms with Gasteiger partial charge in [-0.1, -0.05) is 43.0 Å². The molecule has 33 heavy (non-hydrogen) atoms. The summed E-state index contributed by atoms with van der Waals surface area (Å²) in [6.45, 7) is 7.84. The van der Waals surface area contributed by atoms with E-state index in [1.165, 1.54) is 7.11 Å². The number of methoxy groups -OCH3 is 1. The van der Waals surface area contributed by atoms with Gasteiger partial charge in [0.2, 0.25) is 0 Å². The first-order chi connectivity index (χ1) is 15.7. The molecule has 6 nitrogen and oxygen atoms in total. The summed E-state index contributed by atoms with van der Waals surface area (Å²) in [6.07, 6.45) is 4.89. The Morgan fingerprint density at radius 3 is 2.36 bits per heavy atom. The lowest BCUT2D eigenvalue weighted by Crippen LogP contribution is -2.50. The van der Waals surface area contributed by atoms with Crippen LogP contribution in [0.4, 0.5) is 0 Å². The molecule has 1 heterocycles. The molecule has 1 aromatic carbocycles. The number of halogens is 1. The molecule has 0 aliphatic heterocycles. The third-order valence-corrected chi connectivity index (χ3v) is 7.14. The van der Waals surface area contributed by atoms with Gasteiger partial charge in [-0.15, -0.1) is 0 Å². The van der Waals surface area contributed by atoms with Crippen molar-refractivity contribution in [3.8, 4) is 0 Å². The number of ketones is 1. The summed E-state index contributed by atoms with van der Waals surface area (Å²) in [6, 6.07) is 6.23. The number of hydrogen-bond donors (Lipinski definition) is 0. The lowest BCUT2D eigenvalue weighted by atomic mass is 9.90. The zero-order valence-electron chi connectivity index (χ0n) is 20.1. The maximum atomic E-state index is 13.9. The molecule has 1 aliphatic rings. The number of rotatable bonds is 7. The first kappa shape index (κ1) is 25.0. The zero-order chi connectivity index (χ0) is 24.3. The number of ether oxygens (including phenoxy) is 1. The molecule has 7 heteroatoms. The highest BCUT2D eigenvalue weighted by atomic mass is 35.5. The highest BCUT2D eigenvalue weighted by Crippen LogP contribution is 2.31. The maximum Gasteiger partial charge on any atom is 0.354 e. The molecule has 1 unspecified atom stereocenters. The van der Waals surface area contributed by atoms with Crippen LogP contribution in [0.5, 0.6) is 0 Å². The Hall–Kier alpha value is -2.60. The predicted molar refractivity (Wildman–Crippen MR) is 129 cm³/mol. The van der Waals surface area contributed by atoms with Crippen molar-refractivity contribution in [2.45, 2.75) is 78.4 Å². The van der Waals surface area contributed by atoms with Crippen LogP contribution in [0.25, 0.3) is 0 Å². The van der Waals surface area contributed by atoms with Crippen molar-refractivity contribution >= 4 is 29.3 Å². The SMILES string of the molecule is CCn1c(C)c(C(=O)C(C)N(C(=O)c2ccccc2Cl)C2CCCCC2)c(C)c1C(=O)OC. The molecule has 178 valence electrons. The Kier molecular flexibility index (Phi) is 8.01. The van der Waals surface area contributed by atoms with Crippen LogP contribution in [-0.2, 0) is 11.3 Å². The first-order valence-corrected chi connectivity index (χ1v) is 12.0. The number of esters is 1. The monoisotopic (exact) mass is 472 g/mol. The van der Waals surface area contributed by atoms with E-state index in [-0.39, 0.29) is 17.7 Å². The molecule has 0 spiro atoms. The van der Waals surface area contributed by atoms with Crippen LogP contribution in [0.1, 0.15) is 88.4 Å². The Morgan fingerprint density at radius 1 is 1.15 bits per heavy atom. The third kappa shape index (κ3) is 4.72. The van der Waals surface area contributed by atoms with E-state index in [0.717, 1.165) is 32.1 Å². The van der Waals surface area contributed by atoms with Gasteiger partial charge in [-0.25, -0.2) is 4.79 Å². The summed E-state index contributed by atoms with van der Waals surface area (Å²) in [5, 5.41) is 0.375. The van der Waals surface area contributed by atoms with E-state index < -0.39 is 12.0 Å². The van der Waals surface area contributed by atoms with E-state index in [1.54, 1.807) is 43.0 Å². The fourth-order valence-electron chi connectivity index (χ4n) is 5.14. The summed E-state index contributed by atoms with van der Waals surface area (Å²) in [5.41, 5.74) is 2.57. The molecule has 1 fully saturated rings. The van der Waals surface area contributed by atoms with E-state index >= 15 is 0 Å². The van der Waals surface area contributed by atoms with Gasteiger partial charge < -0.3 is 14.2 Å². The van der Waals surface area contributed by atoms with Gasteiger partial charge in [-0.2, -0.15) is 0 Å². The van der Waals surface area contributed by atoms with Gasteiger partial charge in [0.05, 0.1) is 23.7 Å². The average Bonchev–Trinajstić information content (AvgIpc) is 3.08. The second kappa shape index (κ2) is 10.6. The molecule has 1 saturated carbocycles. The van der Waals surface area contributed by atoms with E-state index in [9.17, 15) is 14.4 Å². The van der Waals surface area contributed by atoms with Crippen molar-refractivity contribution in [3.05, 3.63) is 57.4 Å². The smallest absolute Gasteiger partial charge is 0.354 e. The summed E-state index contributed by atoms with van der Waals surface area (Å²) >= 11 is 6.36. The minimum atomic E-state index is -0.701. The highest BCUT2D eigenvalue weighted by molar-refractivity contribution is 6.33. The van der Waals surface area contributed by atoms with E-state index in [0.29, 0.717) is 39.6 Å². The number of amides is 1. The van der Waals surface area contributed by atoms with Crippen LogP contribution >= 0.6 is 11.6 Å². The molecule has 0 saturated heterocycles. The van der Waals surface area contributed by atoms with E-state index in [2.05, 4.69) is 0 Å². The molecule has 1 atom stereocenters. The van der Waals surface area contributed by atoms with Crippen LogP contribution in [-0.4, -0.2) is 46.3 Å². The fraction of sp³-hybridized carbons (Fsp3) is 0.500. The molecule has 3 rings (SSSR count). The molecule has 1 amide bonds. The molecule has 2 aromatic rings. The van der Waals surface area contributed by atoms with Crippen LogP contribution in [0.2, 0.25) is 5.02 Å². The molecule has 0 radical (unpaired) electrons. The fourth-order valence-corrected chi connectivity index (χ4v) is 5.36. The quantitative estimate of drug-likeness (QED) is 0.388. The number of Topliss-reactive ketones (excluding diaryl/α,β-unsaturated/α-hetero) is 1.